The molecule has 0 saturated carbocycles. The molecule has 0 bridgehead atoms. The molecular weight excluding hydrogens is 456 g/mol. The standard InChI is InChI=1S/C27H36N4OSSi/c1-19-11-13-22(14-12-19)33-27-29-26(31(30-27)18-32-15-16-34(2,3)4)28-25-23-9-5-7-20(23)17-21-8-6-10-24(21)25/h11-14,17H,5-10,15-16,18H2,1-4H3,(H,28,29,30). The molecule has 0 aliphatic heterocycles. The highest BCUT2D eigenvalue weighted by Crippen LogP contribution is 2.40. The lowest BCUT2D eigenvalue weighted by Gasteiger charge is -2.18. The maximum atomic E-state index is 6.08. The largest absolute Gasteiger partial charge is 0.359 e. The molecule has 0 fully saturated rings. The molecule has 2 aliphatic rings. The van der Waals surface area contributed by atoms with E-state index in [1.54, 1.807) is 11.8 Å². The van der Waals surface area contributed by atoms with E-state index in [0.717, 1.165) is 41.5 Å². The molecule has 0 spiro atoms. The summed E-state index contributed by atoms with van der Waals surface area (Å²) in [6, 6.07) is 12.2. The van der Waals surface area contributed by atoms with Gasteiger partial charge in [0.25, 0.3) is 0 Å². The summed E-state index contributed by atoms with van der Waals surface area (Å²) in [6.07, 6.45) is 7.17. The third-order valence-corrected chi connectivity index (χ3v) is 9.37. The summed E-state index contributed by atoms with van der Waals surface area (Å²) in [5.74, 6) is 0.789. The van der Waals surface area contributed by atoms with Crippen LogP contribution in [0.3, 0.4) is 0 Å². The van der Waals surface area contributed by atoms with Crippen molar-refractivity contribution in [1.82, 2.24) is 14.8 Å². The van der Waals surface area contributed by atoms with Crippen molar-refractivity contribution in [2.24, 2.45) is 0 Å². The number of nitrogens with zero attached hydrogens (tertiary/aromatic N) is 3. The summed E-state index contributed by atoms with van der Waals surface area (Å²) >= 11 is 1.60. The number of aryl methyl sites for hydroxylation is 3. The van der Waals surface area contributed by atoms with Crippen molar-refractivity contribution in [1.29, 1.82) is 0 Å². The van der Waals surface area contributed by atoms with Crippen molar-refractivity contribution in [3.05, 3.63) is 58.1 Å². The summed E-state index contributed by atoms with van der Waals surface area (Å²) in [4.78, 5) is 6.08. The fraction of sp³-hybridized carbons (Fsp3) is 0.481. The first-order valence-electron chi connectivity index (χ1n) is 12.6. The summed E-state index contributed by atoms with van der Waals surface area (Å²) in [5, 5.41) is 9.34. The molecule has 34 heavy (non-hydrogen) atoms. The van der Waals surface area contributed by atoms with E-state index in [4.69, 9.17) is 14.8 Å². The van der Waals surface area contributed by atoms with E-state index in [1.165, 1.54) is 59.2 Å². The fourth-order valence-corrected chi connectivity index (χ4v) is 6.38. The van der Waals surface area contributed by atoms with Gasteiger partial charge in [-0.15, -0.1) is 5.10 Å². The minimum Gasteiger partial charge on any atom is -0.359 e. The summed E-state index contributed by atoms with van der Waals surface area (Å²) in [7, 11) is -1.13. The average molecular weight is 493 g/mol. The van der Waals surface area contributed by atoms with Gasteiger partial charge in [-0.2, -0.15) is 4.98 Å². The lowest BCUT2D eigenvalue weighted by Crippen LogP contribution is -2.22. The zero-order chi connectivity index (χ0) is 23.7. The van der Waals surface area contributed by atoms with Gasteiger partial charge in [0.05, 0.1) is 0 Å². The predicted octanol–water partition coefficient (Wildman–Crippen LogP) is 6.77. The molecule has 0 atom stereocenters. The normalized spacial score (nSPS) is 14.9. The first kappa shape index (κ1) is 23.6. The van der Waals surface area contributed by atoms with E-state index in [2.05, 4.69) is 62.2 Å². The highest BCUT2D eigenvalue weighted by Gasteiger charge is 2.25. The monoisotopic (exact) mass is 492 g/mol. The van der Waals surface area contributed by atoms with Crippen molar-refractivity contribution in [3.63, 3.8) is 0 Å². The molecule has 1 heterocycles. The molecule has 0 unspecified atom stereocenters. The van der Waals surface area contributed by atoms with Crippen LogP contribution in [0, 0.1) is 6.92 Å². The Balaban J connectivity index is 1.42. The lowest BCUT2D eigenvalue weighted by atomic mass is 9.99. The fourth-order valence-electron chi connectivity index (χ4n) is 4.87. The summed E-state index contributed by atoms with van der Waals surface area (Å²) < 4.78 is 8.00. The number of fused-ring (bicyclic) bond motifs is 2. The first-order valence-corrected chi connectivity index (χ1v) is 17.1. The van der Waals surface area contributed by atoms with Gasteiger partial charge in [-0.25, -0.2) is 4.68 Å². The zero-order valence-electron chi connectivity index (χ0n) is 20.9. The summed E-state index contributed by atoms with van der Waals surface area (Å²) in [6.45, 7) is 10.4. The summed E-state index contributed by atoms with van der Waals surface area (Å²) in [5.41, 5.74) is 8.58. The predicted molar refractivity (Wildman–Crippen MR) is 143 cm³/mol. The van der Waals surface area contributed by atoms with E-state index in [1.807, 2.05) is 4.68 Å². The molecule has 5 nitrogen and oxygen atoms in total. The Morgan fingerprint density at radius 1 is 1.00 bits per heavy atom. The molecule has 3 aromatic rings. The Labute approximate surface area is 208 Å². The van der Waals surface area contributed by atoms with Crippen LogP contribution in [0.5, 0.6) is 0 Å². The second-order valence-electron chi connectivity index (χ2n) is 10.8. The van der Waals surface area contributed by atoms with Crippen LogP contribution >= 0.6 is 11.8 Å². The number of aromatic nitrogens is 3. The Bertz CT molecular complexity index is 1130. The molecule has 1 N–H and O–H groups in total. The van der Waals surface area contributed by atoms with Gasteiger partial charge >= 0.3 is 0 Å². The van der Waals surface area contributed by atoms with Crippen molar-refractivity contribution in [3.8, 4) is 0 Å². The molecule has 7 heteroatoms. The third kappa shape index (κ3) is 5.42. The first-order chi connectivity index (χ1) is 16.4. The molecule has 1 aromatic heterocycles. The van der Waals surface area contributed by atoms with Crippen LogP contribution in [0.4, 0.5) is 11.6 Å². The topological polar surface area (TPSA) is 52.0 Å². The Morgan fingerprint density at radius 2 is 1.68 bits per heavy atom. The van der Waals surface area contributed by atoms with Crippen LogP contribution in [0.1, 0.15) is 40.7 Å². The molecule has 2 aromatic carbocycles. The van der Waals surface area contributed by atoms with E-state index >= 15 is 0 Å². The molecule has 0 saturated heterocycles. The highest BCUT2D eigenvalue weighted by molar-refractivity contribution is 7.99. The second-order valence-corrected chi connectivity index (χ2v) is 17.5. The Kier molecular flexibility index (Phi) is 6.87. The minimum atomic E-state index is -1.13. The van der Waals surface area contributed by atoms with Crippen LogP contribution in [-0.2, 0) is 37.2 Å². The van der Waals surface area contributed by atoms with Crippen LogP contribution in [0.2, 0.25) is 25.7 Å². The second kappa shape index (κ2) is 9.88. The van der Waals surface area contributed by atoms with E-state index in [0.29, 0.717) is 6.73 Å². The van der Waals surface area contributed by atoms with Crippen LogP contribution < -0.4 is 5.32 Å². The molecule has 5 rings (SSSR count). The van der Waals surface area contributed by atoms with Gasteiger partial charge in [-0.1, -0.05) is 43.4 Å². The van der Waals surface area contributed by atoms with Gasteiger partial charge in [-0.3, -0.25) is 0 Å². The maximum absolute atomic E-state index is 6.08. The highest BCUT2D eigenvalue weighted by atomic mass is 32.2. The van der Waals surface area contributed by atoms with Crippen LogP contribution in [0.25, 0.3) is 0 Å². The van der Waals surface area contributed by atoms with Gasteiger partial charge < -0.3 is 10.1 Å². The van der Waals surface area contributed by atoms with Crippen LogP contribution in [0.15, 0.2) is 40.4 Å². The van der Waals surface area contributed by atoms with Gasteiger partial charge in [0.1, 0.15) is 6.73 Å². The van der Waals surface area contributed by atoms with Crippen molar-refractivity contribution >= 4 is 31.5 Å². The molecule has 0 radical (unpaired) electrons. The smallest absolute Gasteiger partial charge is 0.228 e. The third-order valence-electron chi connectivity index (χ3n) is 6.80. The van der Waals surface area contributed by atoms with Crippen molar-refractivity contribution < 1.29 is 4.74 Å². The quantitative estimate of drug-likeness (QED) is 0.264. The SMILES string of the molecule is Cc1ccc(Sc2nc(Nc3c4c(cc5c3CCC5)CCC4)n(COCC[Si](C)(C)C)n2)cc1. The number of anilines is 2. The number of benzene rings is 2. The molecular formula is C27H36N4OSSi. The Morgan fingerprint density at radius 3 is 2.32 bits per heavy atom. The van der Waals surface area contributed by atoms with Crippen molar-refractivity contribution in [2.75, 3.05) is 11.9 Å². The van der Waals surface area contributed by atoms with Gasteiger partial charge in [-0.05, 0) is 97.6 Å². The average Bonchev–Trinajstić information content (AvgIpc) is 3.52. The maximum Gasteiger partial charge on any atom is 0.228 e. The number of ether oxygens (including phenoxy) is 1. The van der Waals surface area contributed by atoms with E-state index in [-0.39, 0.29) is 0 Å². The molecule has 180 valence electrons. The minimum absolute atomic E-state index is 0.422. The van der Waals surface area contributed by atoms with Crippen LogP contribution in [-0.4, -0.2) is 29.4 Å². The molecule has 2 aliphatic carbocycles. The molecule has 0 amide bonds. The van der Waals surface area contributed by atoms with Gasteiger partial charge in [0.15, 0.2) is 0 Å². The number of hydrogen-bond acceptors (Lipinski definition) is 5. The number of rotatable bonds is 9. The van der Waals surface area contributed by atoms with Gasteiger partial charge in [0, 0.05) is 25.3 Å². The lowest BCUT2D eigenvalue weighted by molar-refractivity contribution is 0.0792. The number of nitrogens with one attached hydrogen (secondary N) is 1. The van der Waals surface area contributed by atoms with Crippen molar-refractivity contribution in [2.45, 2.75) is 87.9 Å². The van der Waals surface area contributed by atoms with Gasteiger partial charge in [0.2, 0.25) is 11.1 Å². The number of hydrogen-bond donors (Lipinski definition) is 1. The zero-order valence-corrected chi connectivity index (χ0v) is 22.7. The van der Waals surface area contributed by atoms with E-state index < -0.39 is 8.07 Å². The van der Waals surface area contributed by atoms with E-state index in [9.17, 15) is 0 Å². The Hall–Kier alpha value is -2.09.